The summed E-state index contributed by atoms with van der Waals surface area (Å²) in [5, 5.41) is 3.62. The smallest absolute Gasteiger partial charge is 0.0249 e. The average molecular weight is 226 g/mol. The lowest BCUT2D eigenvalue weighted by molar-refractivity contribution is 0.00778. The summed E-state index contributed by atoms with van der Waals surface area (Å²) in [5.74, 6) is 0.733. The lowest BCUT2D eigenvalue weighted by atomic mass is 9.88. The van der Waals surface area contributed by atoms with Crippen molar-refractivity contribution in [1.29, 1.82) is 0 Å². The van der Waals surface area contributed by atoms with Crippen LogP contribution >= 0.6 is 0 Å². The maximum atomic E-state index is 3.62. The highest BCUT2D eigenvalue weighted by atomic mass is 15.3. The van der Waals surface area contributed by atoms with Gasteiger partial charge in [0.25, 0.3) is 0 Å². The predicted molar refractivity (Wildman–Crippen MR) is 71.8 cm³/mol. The zero-order valence-electron chi connectivity index (χ0n) is 12.0. The molecule has 0 aromatic carbocycles. The molecule has 1 fully saturated rings. The van der Waals surface area contributed by atoms with E-state index in [4.69, 9.17) is 0 Å². The molecule has 2 nitrogen and oxygen atoms in total. The molecule has 0 spiro atoms. The van der Waals surface area contributed by atoms with E-state index >= 15 is 0 Å². The first kappa shape index (κ1) is 14.0. The Morgan fingerprint density at radius 1 is 1.38 bits per heavy atom. The van der Waals surface area contributed by atoms with Crippen molar-refractivity contribution < 1.29 is 0 Å². The third kappa shape index (κ3) is 3.21. The first-order valence-electron chi connectivity index (χ1n) is 6.88. The van der Waals surface area contributed by atoms with Crippen LogP contribution in [-0.4, -0.2) is 35.6 Å². The van der Waals surface area contributed by atoms with Crippen LogP contribution in [0, 0.1) is 5.92 Å². The largest absolute Gasteiger partial charge is 0.311 e. The minimum Gasteiger partial charge on any atom is -0.311 e. The van der Waals surface area contributed by atoms with Gasteiger partial charge in [-0.25, -0.2) is 0 Å². The Balaban J connectivity index is 2.78. The molecule has 1 rings (SSSR count). The molecule has 0 aromatic rings. The van der Waals surface area contributed by atoms with E-state index in [1.807, 2.05) is 0 Å². The summed E-state index contributed by atoms with van der Waals surface area (Å²) in [4.78, 5) is 2.74. The number of piperazine rings is 1. The lowest BCUT2D eigenvalue weighted by Crippen LogP contribution is -2.63. The van der Waals surface area contributed by atoms with E-state index < -0.39 is 0 Å². The highest BCUT2D eigenvalue weighted by Crippen LogP contribution is 2.28. The van der Waals surface area contributed by atoms with Gasteiger partial charge in [0, 0.05) is 30.7 Å². The maximum absolute atomic E-state index is 3.62. The van der Waals surface area contributed by atoms with Crippen LogP contribution in [-0.2, 0) is 0 Å². The van der Waals surface area contributed by atoms with Crippen LogP contribution in [0.3, 0.4) is 0 Å². The first-order valence-corrected chi connectivity index (χ1v) is 6.88. The summed E-state index contributed by atoms with van der Waals surface area (Å²) >= 11 is 0. The van der Waals surface area contributed by atoms with Crippen molar-refractivity contribution in [3.05, 3.63) is 0 Å². The van der Waals surface area contributed by atoms with Gasteiger partial charge < -0.3 is 5.32 Å². The number of hydrogen-bond acceptors (Lipinski definition) is 2. The maximum Gasteiger partial charge on any atom is 0.0249 e. The Morgan fingerprint density at radius 2 is 2.00 bits per heavy atom. The second-order valence-electron chi connectivity index (χ2n) is 6.34. The summed E-state index contributed by atoms with van der Waals surface area (Å²) < 4.78 is 0. The number of nitrogens with one attached hydrogen (secondary N) is 1. The molecule has 2 unspecified atom stereocenters. The zero-order valence-corrected chi connectivity index (χ0v) is 12.0. The van der Waals surface area contributed by atoms with Gasteiger partial charge in [-0.15, -0.1) is 0 Å². The molecule has 0 amide bonds. The summed E-state index contributed by atoms with van der Waals surface area (Å²) in [7, 11) is 0. The topological polar surface area (TPSA) is 15.3 Å². The van der Waals surface area contributed by atoms with Crippen LogP contribution < -0.4 is 5.32 Å². The molecule has 1 heterocycles. The standard InChI is InChI=1S/C14H30N2/c1-7-8-14(5,6)16-10-12(4)15-9-13(16)11(2)3/h11-13,15H,7-10H2,1-6H3. The SMILES string of the molecule is CCCC(C)(C)N1CC(C)NCC1C(C)C. The number of rotatable bonds is 4. The normalized spacial score (nSPS) is 28.7. The third-order valence-electron chi connectivity index (χ3n) is 3.96. The van der Waals surface area contributed by atoms with E-state index in [1.165, 1.54) is 19.4 Å². The molecule has 1 saturated heterocycles. The fourth-order valence-electron chi connectivity index (χ4n) is 2.97. The Morgan fingerprint density at radius 3 is 2.50 bits per heavy atom. The van der Waals surface area contributed by atoms with Crippen LogP contribution in [0.5, 0.6) is 0 Å². The molecule has 0 bridgehead atoms. The van der Waals surface area contributed by atoms with Crippen LogP contribution in [0.2, 0.25) is 0 Å². The average Bonchev–Trinajstić information content (AvgIpc) is 2.17. The fourth-order valence-corrected chi connectivity index (χ4v) is 2.97. The van der Waals surface area contributed by atoms with Crippen molar-refractivity contribution in [2.24, 2.45) is 5.92 Å². The third-order valence-corrected chi connectivity index (χ3v) is 3.96. The molecule has 2 atom stereocenters. The molecule has 0 saturated carbocycles. The van der Waals surface area contributed by atoms with E-state index in [-0.39, 0.29) is 0 Å². The van der Waals surface area contributed by atoms with Gasteiger partial charge in [0.2, 0.25) is 0 Å². The first-order chi connectivity index (χ1) is 7.38. The highest BCUT2D eigenvalue weighted by molar-refractivity contribution is 4.94. The highest BCUT2D eigenvalue weighted by Gasteiger charge is 2.36. The van der Waals surface area contributed by atoms with E-state index in [9.17, 15) is 0 Å². The predicted octanol–water partition coefficient (Wildman–Crippen LogP) is 2.88. The van der Waals surface area contributed by atoms with Crippen LogP contribution in [0.15, 0.2) is 0 Å². The molecule has 0 aromatic heterocycles. The molecule has 1 aliphatic rings. The van der Waals surface area contributed by atoms with Crippen molar-refractivity contribution in [3.63, 3.8) is 0 Å². The number of hydrogen-bond donors (Lipinski definition) is 1. The van der Waals surface area contributed by atoms with Crippen LogP contribution in [0.25, 0.3) is 0 Å². The summed E-state index contributed by atoms with van der Waals surface area (Å²) in [6, 6.07) is 1.32. The summed E-state index contributed by atoms with van der Waals surface area (Å²) in [6.07, 6.45) is 2.57. The molecule has 16 heavy (non-hydrogen) atoms. The second-order valence-corrected chi connectivity index (χ2v) is 6.34. The van der Waals surface area contributed by atoms with E-state index in [0.717, 1.165) is 12.5 Å². The van der Waals surface area contributed by atoms with Crippen molar-refractivity contribution in [2.75, 3.05) is 13.1 Å². The summed E-state index contributed by atoms with van der Waals surface area (Å²) in [5.41, 5.74) is 0.347. The van der Waals surface area contributed by atoms with E-state index in [1.54, 1.807) is 0 Å². The molecular formula is C14H30N2. The molecule has 1 aliphatic heterocycles. The van der Waals surface area contributed by atoms with Crippen molar-refractivity contribution in [2.45, 2.75) is 72.0 Å². The Bertz CT molecular complexity index is 211. The van der Waals surface area contributed by atoms with E-state index in [2.05, 4.69) is 51.8 Å². The van der Waals surface area contributed by atoms with Crippen LogP contribution in [0.1, 0.15) is 54.4 Å². The quantitative estimate of drug-likeness (QED) is 0.793. The minimum absolute atomic E-state index is 0.347. The van der Waals surface area contributed by atoms with Gasteiger partial charge in [-0.3, -0.25) is 4.90 Å². The van der Waals surface area contributed by atoms with Crippen molar-refractivity contribution >= 4 is 0 Å². The van der Waals surface area contributed by atoms with Gasteiger partial charge >= 0.3 is 0 Å². The Hall–Kier alpha value is -0.0800. The minimum atomic E-state index is 0.347. The van der Waals surface area contributed by atoms with Gasteiger partial charge in [0.15, 0.2) is 0 Å². The molecule has 0 aliphatic carbocycles. The second kappa shape index (κ2) is 5.50. The monoisotopic (exact) mass is 226 g/mol. The molecule has 2 heteroatoms. The lowest BCUT2D eigenvalue weighted by Gasteiger charge is -2.50. The molecule has 96 valence electrons. The van der Waals surface area contributed by atoms with Gasteiger partial charge in [-0.2, -0.15) is 0 Å². The van der Waals surface area contributed by atoms with Gasteiger partial charge in [-0.05, 0) is 33.1 Å². The van der Waals surface area contributed by atoms with Gasteiger partial charge in [0.1, 0.15) is 0 Å². The molecule has 1 N–H and O–H groups in total. The van der Waals surface area contributed by atoms with Gasteiger partial charge in [-0.1, -0.05) is 27.2 Å². The van der Waals surface area contributed by atoms with E-state index in [0.29, 0.717) is 17.6 Å². The zero-order chi connectivity index (χ0) is 12.3. The Labute approximate surface area is 102 Å². The van der Waals surface area contributed by atoms with Crippen LogP contribution in [0.4, 0.5) is 0 Å². The van der Waals surface area contributed by atoms with Gasteiger partial charge in [0.05, 0.1) is 0 Å². The number of nitrogens with zero attached hydrogens (tertiary/aromatic N) is 1. The molecular weight excluding hydrogens is 196 g/mol. The Kier molecular flexibility index (Phi) is 4.81. The summed E-state index contributed by atoms with van der Waals surface area (Å²) in [6.45, 7) is 16.4. The van der Waals surface area contributed by atoms with Crippen molar-refractivity contribution in [1.82, 2.24) is 10.2 Å². The fraction of sp³-hybridized carbons (Fsp3) is 1.00. The molecule has 0 radical (unpaired) electrons. The van der Waals surface area contributed by atoms with Crippen molar-refractivity contribution in [3.8, 4) is 0 Å².